The second-order valence-corrected chi connectivity index (χ2v) is 5.03. The molecular formula is C11H9FIN5O2. The number of carbonyl (C=O) groups is 2. The summed E-state index contributed by atoms with van der Waals surface area (Å²) in [5.74, 6) is -1.39. The maximum atomic E-state index is 13.8. The van der Waals surface area contributed by atoms with Crippen LogP contribution in [0.4, 0.5) is 14.9 Å². The topological polar surface area (TPSA) is 116 Å². The van der Waals surface area contributed by atoms with Crippen molar-refractivity contribution in [1.82, 2.24) is 9.78 Å². The van der Waals surface area contributed by atoms with Crippen LogP contribution < -0.4 is 16.8 Å². The van der Waals surface area contributed by atoms with Crippen molar-refractivity contribution in [1.29, 1.82) is 0 Å². The molecule has 0 fully saturated rings. The molecule has 1 aromatic carbocycles. The number of benzene rings is 1. The monoisotopic (exact) mass is 389 g/mol. The van der Waals surface area contributed by atoms with E-state index in [2.05, 4.69) is 10.4 Å². The van der Waals surface area contributed by atoms with E-state index in [1.807, 2.05) is 22.6 Å². The summed E-state index contributed by atoms with van der Waals surface area (Å²) in [7, 11) is 0. The molecule has 20 heavy (non-hydrogen) atoms. The van der Waals surface area contributed by atoms with Crippen LogP contribution in [0.3, 0.4) is 0 Å². The molecule has 0 saturated carbocycles. The van der Waals surface area contributed by atoms with E-state index in [0.717, 1.165) is 4.68 Å². The molecule has 2 rings (SSSR count). The molecule has 5 N–H and O–H groups in total. The van der Waals surface area contributed by atoms with Crippen molar-refractivity contribution in [3.05, 3.63) is 39.5 Å². The van der Waals surface area contributed by atoms with Crippen LogP contribution in [0.5, 0.6) is 0 Å². The zero-order valence-corrected chi connectivity index (χ0v) is 12.1. The molecule has 2 aromatic rings. The number of urea groups is 1. The van der Waals surface area contributed by atoms with Crippen molar-refractivity contribution in [3.63, 3.8) is 0 Å². The van der Waals surface area contributed by atoms with Gasteiger partial charge in [-0.15, -0.1) is 0 Å². The van der Waals surface area contributed by atoms with E-state index in [0.29, 0.717) is 3.57 Å². The van der Waals surface area contributed by atoms with Gasteiger partial charge in [0, 0.05) is 3.57 Å². The number of halogens is 2. The molecule has 1 heterocycles. The summed E-state index contributed by atoms with van der Waals surface area (Å²) in [5.41, 5.74) is 10.0. The molecule has 1 aromatic heterocycles. The van der Waals surface area contributed by atoms with Crippen LogP contribution in [-0.2, 0) is 0 Å². The summed E-state index contributed by atoms with van der Waals surface area (Å²) < 4.78 is 15.7. The molecule has 0 aliphatic heterocycles. The molecule has 104 valence electrons. The Morgan fingerprint density at radius 1 is 1.35 bits per heavy atom. The van der Waals surface area contributed by atoms with Gasteiger partial charge in [0.25, 0.3) is 5.91 Å². The number of aromatic nitrogens is 2. The summed E-state index contributed by atoms with van der Waals surface area (Å²) in [6, 6.07) is 3.59. The van der Waals surface area contributed by atoms with Gasteiger partial charge in [-0.25, -0.2) is 13.9 Å². The molecule has 9 heteroatoms. The first-order chi connectivity index (χ1) is 9.38. The Morgan fingerprint density at radius 2 is 2.05 bits per heavy atom. The highest BCUT2D eigenvalue weighted by Gasteiger charge is 2.17. The Morgan fingerprint density at radius 3 is 2.60 bits per heavy atom. The smallest absolute Gasteiger partial charge is 0.316 e. The van der Waals surface area contributed by atoms with Crippen LogP contribution in [0, 0.1) is 9.39 Å². The minimum absolute atomic E-state index is 0.0166. The van der Waals surface area contributed by atoms with Gasteiger partial charge in [0.05, 0.1) is 11.9 Å². The van der Waals surface area contributed by atoms with Gasteiger partial charge in [-0.3, -0.25) is 4.79 Å². The number of nitrogens with zero attached hydrogens (tertiary/aromatic N) is 2. The SMILES string of the molecule is NC(=O)Nc1cn(-c2ccc(I)cc2F)nc1C(N)=O. The Hall–Kier alpha value is -2.17. The highest BCUT2D eigenvalue weighted by atomic mass is 127. The first-order valence-electron chi connectivity index (χ1n) is 5.30. The van der Waals surface area contributed by atoms with Crippen LogP contribution in [0.2, 0.25) is 0 Å². The van der Waals surface area contributed by atoms with Crippen LogP contribution >= 0.6 is 22.6 Å². The van der Waals surface area contributed by atoms with E-state index in [-0.39, 0.29) is 17.1 Å². The van der Waals surface area contributed by atoms with E-state index in [1.165, 1.54) is 18.3 Å². The first-order valence-corrected chi connectivity index (χ1v) is 6.37. The van der Waals surface area contributed by atoms with E-state index in [4.69, 9.17) is 11.5 Å². The third-order valence-electron chi connectivity index (χ3n) is 2.36. The predicted molar refractivity (Wildman–Crippen MR) is 78.0 cm³/mol. The molecule has 0 spiro atoms. The lowest BCUT2D eigenvalue weighted by atomic mass is 10.3. The van der Waals surface area contributed by atoms with Crippen molar-refractivity contribution in [2.75, 3.05) is 5.32 Å². The van der Waals surface area contributed by atoms with E-state index in [1.54, 1.807) is 6.07 Å². The number of nitrogens with one attached hydrogen (secondary N) is 1. The minimum Gasteiger partial charge on any atom is -0.364 e. The van der Waals surface area contributed by atoms with E-state index in [9.17, 15) is 14.0 Å². The van der Waals surface area contributed by atoms with Crippen molar-refractivity contribution in [2.24, 2.45) is 11.5 Å². The van der Waals surface area contributed by atoms with Gasteiger partial charge in [-0.1, -0.05) is 0 Å². The van der Waals surface area contributed by atoms with Gasteiger partial charge in [-0.05, 0) is 40.8 Å². The zero-order valence-electron chi connectivity index (χ0n) is 9.93. The lowest BCUT2D eigenvalue weighted by Gasteiger charge is -2.02. The summed E-state index contributed by atoms with van der Waals surface area (Å²) in [5, 5.41) is 6.06. The summed E-state index contributed by atoms with van der Waals surface area (Å²) in [6.45, 7) is 0. The number of primary amides is 2. The fourth-order valence-corrected chi connectivity index (χ4v) is 2.02. The Kier molecular flexibility index (Phi) is 3.88. The third kappa shape index (κ3) is 2.87. The maximum absolute atomic E-state index is 13.8. The summed E-state index contributed by atoms with van der Waals surface area (Å²) in [4.78, 5) is 22.1. The van der Waals surface area contributed by atoms with Crippen molar-refractivity contribution < 1.29 is 14.0 Å². The predicted octanol–water partition coefficient (Wildman–Crippen LogP) is 1.21. The van der Waals surface area contributed by atoms with Crippen LogP contribution in [0.1, 0.15) is 10.5 Å². The summed E-state index contributed by atoms with van der Waals surface area (Å²) in [6.07, 6.45) is 1.26. The van der Waals surface area contributed by atoms with Gasteiger partial charge in [-0.2, -0.15) is 5.10 Å². The number of hydrogen-bond donors (Lipinski definition) is 3. The average molecular weight is 389 g/mol. The van der Waals surface area contributed by atoms with Gasteiger partial charge in [0.15, 0.2) is 5.69 Å². The van der Waals surface area contributed by atoms with Crippen LogP contribution in [-0.4, -0.2) is 21.7 Å². The zero-order chi connectivity index (χ0) is 14.9. The number of rotatable bonds is 3. The number of amides is 3. The molecule has 0 bridgehead atoms. The number of nitrogens with two attached hydrogens (primary N) is 2. The average Bonchev–Trinajstić information content (AvgIpc) is 2.71. The molecule has 0 aliphatic carbocycles. The molecule has 0 unspecified atom stereocenters. The molecular weight excluding hydrogens is 380 g/mol. The fourth-order valence-electron chi connectivity index (χ4n) is 1.57. The van der Waals surface area contributed by atoms with E-state index >= 15 is 0 Å². The molecule has 7 nitrogen and oxygen atoms in total. The number of hydrogen-bond acceptors (Lipinski definition) is 3. The summed E-state index contributed by atoms with van der Waals surface area (Å²) >= 11 is 1.96. The first kappa shape index (κ1) is 14.2. The van der Waals surface area contributed by atoms with Gasteiger partial charge < -0.3 is 16.8 Å². The minimum atomic E-state index is -0.880. The highest BCUT2D eigenvalue weighted by molar-refractivity contribution is 14.1. The van der Waals surface area contributed by atoms with Crippen molar-refractivity contribution in [3.8, 4) is 5.69 Å². The second kappa shape index (κ2) is 5.45. The largest absolute Gasteiger partial charge is 0.364 e. The van der Waals surface area contributed by atoms with Crippen molar-refractivity contribution in [2.45, 2.75) is 0 Å². The molecule has 0 radical (unpaired) electrons. The number of anilines is 1. The fraction of sp³-hybridized carbons (Fsp3) is 0. The van der Waals surface area contributed by atoms with Crippen molar-refractivity contribution >= 4 is 40.2 Å². The Labute approximate surface area is 126 Å². The van der Waals surface area contributed by atoms with Gasteiger partial charge >= 0.3 is 6.03 Å². The van der Waals surface area contributed by atoms with Crippen LogP contribution in [0.15, 0.2) is 24.4 Å². The normalized spacial score (nSPS) is 10.3. The van der Waals surface area contributed by atoms with Gasteiger partial charge in [0.2, 0.25) is 0 Å². The van der Waals surface area contributed by atoms with Gasteiger partial charge in [0.1, 0.15) is 11.5 Å². The molecule has 0 atom stereocenters. The lowest BCUT2D eigenvalue weighted by Crippen LogP contribution is -2.22. The maximum Gasteiger partial charge on any atom is 0.316 e. The molecule has 3 amide bonds. The molecule has 0 saturated heterocycles. The second-order valence-electron chi connectivity index (χ2n) is 3.79. The van der Waals surface area contributed by atoms with E-state index < -0.39 is 17.8 Å². The quantitative estimate of drug-likeness (QED) is 0.685. The van der Waals surface area contributed by atoms with Crippen LogP contribution in [0.25, 0.3) is 5.69 Å². The highest BCUT2D eigenvalue weighted by Crippen LogP contribution is 2.20. The Bertz CT molecular complexity index is 700. The standard InChI is InChI=1S/C11H9FIN5O2/c12-6-3-5(13)1-2-8(6)18-4-7(16-11(15)20)9(17-18)10(14)19/h1-4H,(H2,14,19)(H3,15,16,20). The molecule has 0 aliphatic rings. The lowest BCUT2D eigenvalue weighted by molar-refractivity contribution is 0.0996. The number of carbonyl (C=O) groups excluding carboxylic acids is 2. The Balaban J connectivity index is 2.52. The third-order valence-corrected chi connectivity index (χ3v) is 3.03.